The van der Waals surface area contributed by atoms with Crippen LogP contribution in [-0.4, -0.2) is 40.3 Å². The second kappa shape index (κ2) is 6.24. The topological polar surface area (TPSA) is 66.8 Å². The van der Waals surface area contributed by atoms with Gasteiger partial charge in [-0.2, -0.15) is 0 Å². The van der Waals surface area contributed by atoms with Crippen LogP contribution in [0, 0.1) is 11.3 Å². The Hall–Kier alpha value is -1.26. The molecule has 0 aromatic heterocycles. The van der Waals surface area contributed by atoms with Crippen LogP contribution in [0.3, 0.4) is 0 Å². The molecule has 1 N–H and O–H groups in total. The predicted octanol–water partition coefficient (Wildman–Crippen LogP) is 3.52. The molecule has 0 saturated carbocycles. The van der Waals surface area contributed by atoms with E-state index in [0.29, 0.717) is 6.54 Å². The maximum Gasteiger partial charge on any atom is 0.411 e. The normalized spacial score (nSPS) is 23.8. The quantitative estimate of drug-likeness (QED) is 0.847. The Labute approximate surface area is 127 Å². The highest BCUT2D eigenvalue weighted by atomic mass is 16.6. The summed E-state index contributed by atoms with van der Waals surface area (Å²) in [6.45, 7) is 12.1. The summed E-state index contributed by atoms with van der Waals surface area (Å²) in [5, 5.41) is 9.57. The molecule has 1 aliphatic rings. The average Bonchev–Trinajstić information content (AvgIpc) is 2.23. The van der Waals surface area contributed by atoms with Gasteiger partial charge in [0.05, 0.1) is 0 Å². The third kappa shape index (κ3) is 5.56. The Balaban J connectivity index is 2.92. The van der Waals surface area contributed by atoms with Crippen molar-refractivity contribution in [2.75, 3.05) is 6.54 Å². The van der Waals surface area contributed by atoms with E-state index in [1.54, 1.807) is 20.8 Å². The minimum atomic E-state index is -0.935. The van der Waals surface area contributed by atoms with E-state index in [1.165, 1.54) is 4.90 Å². The molecule has 5 heteroatoms. The molecule has 0 aromatic rings. The number of carbonyl (C=O) groups excluding carboxylic acids is 1. The van der Waals surface area contributed by atoms with Gasteiger partial charge in [0.25, 0.3) is 0 Å². The highest BCUT2D eigenvalue weighted by molar-refractivity contribution is 5.80. The molecule has 1 saturated heterocycles. The van der Waals surface area contributed by atoms with Crippen LogP contribution in [0.15, 0.2) is 0 Å². The summed E-state index contributed by atoms with van der Waals surface area (Å²) >= 11 is 0. The molecule has 0 radical (unpaired) electrons. The number of hydrogen-bond acceptors (Lipinski definition) is 3. The molecular weight excluding hydrogens is 270 g/mol. The Kier molecular flexibility index (Phi) is 5.29. The summed E-state index contributed by atoms with van der Waals surface area (Å²) in [4.78, 5) is 25.4. The van der Waals surface area contributed by atoms with Crippen molar-refractivity contribution in [3.8, 4) is 0 Å². The van der Waals surface area contributed by atoms with Crippen LogP contribution in [-0.2, 0) is 9.53 Å². The summed E-state index contributed by atoms with van der Waals surface area (Å²) in [5.41, 5.74) is -0.577. The second-order valence-corrected chi connectivity index (χ2v) is 8.12. The lowest BCUT2D eigenvalue weighted by Crippen LogP contribution is -2.54. The van der Waals surface area contributed by atoms with Gasteiger partial charge in [-0.15, -0.1) is 0 Å². The van der Waals surface area contributed by atoms with Crippen LogP contribution in [0.2, 0.25) is 0 Å². The summed E-state index contributed by atoms with van der Waals surface area (Å²) < 4.78 is 5.36. The summed E-state index contributed by atoms with van der Waals surface area (Å²) in [6, 6.07) is -0.784. The summed E-state index contributed by atoms with van der Waals surface area (Å²) in [6.07, 6.45) is 1.93. The molecule has 1 amide bonds. The van der Waals surface area contributed by atoms with Gasteiger partial charge in [-0.25, -0.2) is 9.59 Å². The van der Waals surface area contributed by atoms with Gasteiger partial charge in [0, 0.05) is 6.54 Å². The second-order valence-electron chi connectivity index (χ2n) is 8.12. The molecule has 5 nitrogen and oxygen atoms in total. The maximum atomic E-state index is 12.3. The van der Waals surface area contributed by atoms with E-state index in [2.05, 4.69) is 20.8 Å². The van der Waals surface area contributed by atoms with Gasteiger partial charge in [0.1, 0.15) is 11.6 Å². The number of ether oxygens (including phenoxy) is 1. The van der Waals surface area contributed by atoms with Gasteiger partial charge < -0.3 is 9.84 Å². The van der Waals surface area contributed by atoms with Crippen molar-refractivity contribution in [1.29, 1.82) is 0 Å². The third-order valence-corrected chi connectivity index (χ3v) is 3.51. The van der Waals surface area contributed by atoms with Gasteiger partial charge in [0.2, 0.25) is 0 Å². The first kappa shape index (κ1) is 17.8. The molecule has 0 aliphatic carbocycles. The monoisotopic (exact) mass is 299 g/mol. The number of carbonyl (C=O) groups is 2. The largest absolute Gasteiger partial charge is 0.480 e. The zero-order chi connectivity index (χ0) is 16.4. The molecule has 0 aromatic carbocycles. The molecule has 21 heavy (non-hydrogen) atoms. The fourth-order valence-electron chi connectivity index (χ4n) is 2.94. The van der Waals surface area contributed by atoms with Crippen LogP contribution in [0.25, 0.3) is 0 Å². The van der Waals surface area contributed by atoms with Crippen molar-refractivity contribution in [1.82, 2.24) is 4.90 Å². The van der Waals surface area contributed by atoms with Crippen LogP contribution in [0.5, 0.6) is 0 Å². The molecule has 1 heterocycles. The highest BCUT2D eigenvalue weighted by Crippen LogP contribution is 2.35. The van der Waals surface area contributed by atoms with E-state index in [9.17, 15) is 14.7 Å². The van der Waals surface area contributed by atoms with Crippen LogP contribution in [0.1, 0.15) is 60.8 Å². The lowest BCUT2D eigenvalue weighted by molar-refractivity contribution is -0.147. The SMILES string of the molecule is CC(C)(C)C[C@H]1CCCN(C(=O)OC(C)(C)C)[C@H]1C(=O)O. The molecule has 0 spiro atoms. The van der Waals surface area contributed by atoms with Crippen molar-refractivity contribution >= 4 is 12.1 Å². The lowest BCUT2D eigenvalue weighted by atomic mass is 9.77. The van der Waals surface area contributed by atoms with Crippen molar-refractivity contribution in [2.24, 2.45) is 11.3 Å². The molecule has 0 bridgehead atoms. The maximum absolute atomic E-state index is 12.3. The lowest BCUT2D eigenvalue weighted by Gasteiger charge is -2.41. The summed E-state index contributed by atoms with van der Waals surface area (Å²) in [5.74, 6) is -0.960. The number of carboxylic acids is 1. The number of amides is 1. The Bertz CT molecular complexity index is 392. The molecule has 1 aliphatic heterocycles. The van der Waals surface area contributed by atoms with Crippen molar-refractivity contribution in [3.05, 3.63) is 0 Å². The van der Waals surface area contributed by atoms with E-state index < -0.39 is 23.7 Å². The first-order valence-electron chi connectivity index (χ1n) is 7.63. The standard InChI is InChI=1S/C16H29NO4/c1-15(2,3)10-11-8-7-9-17(12(11)13(18)19)14(20)21-16(4,5)6/h11-12H,7-10H2,1-6H3,(H,18,19)/t11-,12-/m1/s1. The molecule has 122 valence electrons. The molecule has 2 atom stereocenters. The van der Waals surface area contributed by atoms with Crippen molar-refractivity contribution in [2.45, 2.75) is 72.4 Å². The number of aliphatic carboxylic acids is 1. The molecule has 0 unspecified atom stereocenters. The Morgan fingerprint density at radius 3 is 2.19 bits per heavy atom. The molecular formula is C16H29NO4. The van der Waals surface area contributed by atoms with Crippen LogP contribution >= 0.6 is 0 Å². The van der Waals surface area contributed by atoms with E-state index in [4.69, 9.17) is 4.74 Å². The smallest absolute Gasteiger partial charge is 0.411 e. The average molecular weight is 299 g/mol. The number of piperidine rings is 1. The van der Waals surface area contributed by atoms with Gasteiger partial charge in [-0.1, -0.05) is 20.8 Å². The number of likely N-dealkylation sites (tertiary alicyclic amines) is 1. The van der Waals surface area contributed by atoms with E-state index in [0.717, 1.165) is 19.3 Å². The van der Waals surface area contributed by atoms with E-state index >= 15 is 0 Å². The first-order chi connectivity index (χ1) is 9.41. The van der Waals surface area contributed by atoms with Crippen molar-refractivity contribution in [3.63, 3.8) is 0 Å². The predicted molar refractivity (Wildman–Crippen MR) is 81.2 cm³/mol. The first-order valence-corrected chi connectivity index (χ1v) is 7.63. The molecule has 1 rings (SSSR count). The number of rotatable bonds is 2. The fraction of sp³-hybridized carbons (Fsp3) is 0.875. The Morgan fingerprint density at radius 1 is 1.19 bits per heavy atom. The number of carboxylic acid groups (broad SMARTS) is 1. The van der Waals surface area contributed by atoms with Gasteiger partial charge >= 0.3 is 12.1 Å². The van der Waals surface area contributed by atoms with Crippen LogP contribution in [0.4, 0.5) is 4.79 Å². The van der Waals surface area contributed by atoms with Gasteiger partial charge in [-0.3, -0.25) is 4.90 Å². The minimum absolute atomic E-state index is 0.0243. The third-order valence-electron chi connectivity index (χ3n) is 3.51. The van der Waals surface area contributed by atoms with Crippen molar-refractivity contribution < 1.29 is 19.4 Å². The fourth-order valence-corrected chi connectivity index (χ4v) is 2.94. The highest BCUT2D eigenvalue weighted by Gasteiger charge is 2.42. The summed E-state index contributed by atoms with van der Waals surface area (Å²) in [7, 11) is 0. The zero-order valence-electron chi connectivity index (χ0n) is 14.1. The van der Waals surface area contributed by atoms with E-state index in [1.807, 2.05) is 0 Å². The minimum Gasteiger partial charge on any atom is -0.480 e. The zero-order valence-corrected chi connectivity index (χ0v) is 14.1. The number of nitrogens with zero attached hydrogens (tertiary/aromatic N) is 1. The molecule has 1 fully saturated rings. The Morgan fingerprint density at radius 2 is 1.76 bits per heavy atom. The van der Waals surface area contributed by atoms with Gasteiger partial charge in [-0.05, 0) is 51.4 Å². The number of hydrogen-bond donors (Lipinski definition) is 1. The van der Waals surface area contributed by atoms with Crippen LogP contribution < -0.4 is 0 Å². The van der Waals surface area contributed by atoms with E-state index in [-0.39, 0.29) is 11.3 Å². The van der Waals surface area contributed by atoms with Gasteiger partial charge in [0.15, 0.2) is 0 Å².